The number of nitrogens with zero attached hydrogens (tertiary/aromatic N) is 1. The molecule has 1 aromatic carbocycles. The number of rotatable bonds is 3. The molecular weight excluding hydrogens is 226 g/mol. The summed E-state index contributed by atoms with van der Waals surface area (Å²) in [6.45, 7) is 2.46. The van der Waals surface area contributed by atoms with E-state index in [0.29, 0.717) is 12.6 Å². The monoisotopic (exact) mass is 245 g/mol. The molecule has 0 amide bonds. The van der Waals surface area contributed by atoms with Crippen LogP contribution in [0.1, 0.15) is 24.8 Å². The summed E-state index contributed by atoms with van der Waals surface area (Å²) in [5.41, 5.74) is 1.06. The quantitative estimate of drug-likeness (QED) is 0.765. The summed E-state index contributed by atoms with van der Waals surface area (Å²) >= 11 is 0. The standard InChI is InChI=1S/C15H19NO2/c17-15(18-11-12-5-2-1-3-6-12)13-9-14-7-4-8-16(14)10-13/h1-3,5-6,13-14H,4,7-11H2. The van der Waals surface area contributed by atoms with Crippen LogP contribution in [0.2, 0.25) is 0 Å². The number of carbonyl (C=O) groups is 1. The first-order chi connectivity index (χ1) is 8.83. The van der Waals surface area contributed by atoms with E-state index in [9.17, 15) is 4.79 Å². The highest BCUT2D eigenvalue weighted by atomic mass is 16.5. The Bertz CT molecular complexity index is 406. The van der Waals surface area contributed by atoms with Gasteiger partial charge >= 0.3 is 5.97 Å². The highest BCUT2D eigenvalue weighted by Crippen LogP contribution is 2.31. The molecule has 3 nitrogen and oxygen atoms in total. The Morgan fingerprint density at radius 2 is 2.17 bits per heavy atom. The summed E-state index contributed by atoms with van der Waals surface area (Å²) in [5, 5.41) is 0. The first kappa shape index (κ1) is 11.7. The van der Waals surface area contributed by atoms with Gasteiger partial charge in [-0.2, -0.15) is 0 Å². The van der Waals surface area contributed by atoms with E-state index in [-0.39, 0.29) is 11.9 Å². The van der Waals surface area contributed by atoms with Gasteiger partial charge in [-0.1, -0.05) is 30.3 Å². The molecule has 0 spiro atoms. The second kappa shape index (κ2) is 5.11. The van der Waals surface area contributed by atoms with Gasteiger partial charge in [0.05, 0.1) is 5.92 Å². The summed E-state index contributed by atoms with van der Waals surface area (Å²) in [4.78, 5) is 14.4. The lowest BCUT2D eigenvalue weighted by atomic mass is 10.0. The molecular formula is C15H19NO2. The van der Waals surface area contributed by atoms with E-state index in [1.54, 1.807) is 0 Å². The summed E-state index contributed by atoms with van der Waals surface area (Å²) in [6.07, 6.45) is 3.53. The van der Waals surface area contributed by atoms with Gasteiger partial charge in [-0.05, 0) is 31.4 Å². The van der Waals surface area contributed by atoms with Crippen molar-refractivity contribution in [1.29, 1.82) is 0 Å². The van der Waals surface area contributed by atoms with Crippen molar-refractivity contribution in [3.05, 3.63) is 35.9 Å². The lowest BCUT2D eigenvalue weighted by molar-refractivity contribution is -0.149. The number of hydrogen-bond acceptors (Lipinski definition) is 3. The minimum absolute atomic E-state index is 0.0201. The summed E-state index contributed by atoms with van der Waals surface area (Å²) in [6, 6.07) is 10.5. The van der Waals surface area contributed by atoms with E-state index in [0.717, 1.165) is 25.1 Å². The summed E-state index contributed by atoms with van der Waals surface area (Å²) < 4.78 is 5.41. The first-order valence-electron chi connectivity index (χ1n) is 6.77. The van der Waals surface area contributed by atoms with Gasteiger partial charge < -0.3 is 4.74 Å². The van der Waals surface area contributed by atoms with E-state index < -0.39 is 0 Å². The fourth-order valence-corrected chi connectivity index (χ4v) is 3.11. The van der Waals surface area contributed by atoms with Crippen LogP contribution in [0.15, 0.2) is 30.3 Å². The molecule has 2 aliphatic heterocycles. The average molecular weight is 245 g/mol. The predicted molar refractivity (Wildman–Crippen MR) is 68.9 cm³/mol. The predicted octanol–water partition coefficient (Wildman–Crippen LogP) is 2.21. The Morgan fingerprint density at radius 3 is 2.94 bits per heavy atom. The van der Waals surface area contributed by atoms with E-state index in [1.807, 2.05) is 30.3 Å². The normalized spacial score (nSPS) is 27.1. The van der Waals surface area contributed by atoms with Crippen molar-refractivity contribution in [2.24, 2.45) is 5.92 Å². The maximum absolute atomic E-state index is 12.0. The Morgan fingerprint density at radius 1 is 1.33 bits per heavy atom. The molecule has 2 heterocycles. The number of carbonyl (C=O) groups excluding carboxylic acids is 1. The van der Waals surface area contributed by atoms with Crippen LogP contribution < -0.4 is 0 Å². The van der Waals surface area contributed by atoms with Crippen LogP contribution in [-0.2, 0) is 16.1 Å². The summed E-state index contributed by atoms with van der Waals surface area (Å²) in [5.74, 6) is 0.0762. The number of esters is 1. The number of fused-ring (bicyclic) bond motifs is 1. The average Bonchev–Trinajstić information content (AvgIpc) is 2.98. The molecule has 0 saturated carbocycles. The third-order valence-electron chi connectivity index (χ3n) is 4.07. The topological polar surface area (TPSA) is 29.5 Å². The van der Waals surface area contributed by atoms with Gasteiger partial charge in [0.15, 0.2) is 0 Å². The molecule has 0 radical (unpaired) electrons. The molecule has 1 aromatic rings. The van der Waals surface area contributed by atoms with Crippen LogP contribution in [0.25, 0.3) is 0 Å². The number of ether oxygens (including phenoxy) is 1. The third kappa shape index (κ3) is 2.41. The lowest BCUT2D eigenvalue weighted by Gasteiger charge is -2.13. The van der Waals surface area contributed by atoms with Crippen molar-refractivity contribution >= 4 is 5.97 Å². The zero-order valence-electron chi connectivity index (χ0n) is 10.5. The highest BCUT2D eigenvalue weighted by molar-refractivity contribution is 5.73. The van der Waals surface area contributed by atoms with Crippen LogP contribution in [0.3, 0.4) is 0 Å². The van der Waals surface area contributed by atoms with Gasteiger partial charge in [0, 0.05) is 12.6 Å². The Balaban J connectivity index is 1.50. The van der Waals surface area contributed by atoms with Crippen molar-refractivity contribution in [3.63, 3.8) is 0 Å². The molecule has 0 bridgehead atoms. The van der Waals surface area contributed by atoms with Crippen LogP contribution in [0.5, 0.6) is 0 Å². The van der Waals surface area contributed by atoms with Crippen LogP contribution in [0, 0.1) is 5.92 Å². The lowest BCUT2D eigenvalue weighted by Crippen LogP contribution is -2.24. The number of hydrogen-bond donors (Lipinski definition) is 0. The minimum Gasteiger partial charge on any atom is -0.461 e. The summed E-state index contributed by atoms with van der Waals surface area (Å²) in [7, 11) is 0. The van der Waals surface area contributed by atoms with E-state index in [1.165, 1.54) is 12.8 Å². The molecule has 3 heteroatoms. The molecule has 3 rings (SSSR count). The van der Waals surface area contributed by atoms with E-state index >= 15 is 0 Å². The smallest absolute Gasteiger partial charge is 0.310 e. The molecule has 0 aromatic heterocycles. The van der Waals surface area contributed by atoms with Crippen LogP contribution >= 0.6 is 0 Å². The molecule has 0 N–H and O–H groups in total. The number of benzene rings is 1. The van der Waals surface area contributed by atoms with Crippen molar-refractivity contribution in [2.75, 3.05) is 13.1 Å². The first-order valence-corrected chi connectivity index (χ1v) is 6.77. The molecule has 2 atom stereocenters. The highest BCUT2D eigenvalue weighted by Gasteiger charge is 2.39. The van der Waals surface area contributed by atoms with E-state index in [4.69, 9.17) is 4.74 Å². The van der Waals surface area contributed by atoms with Gasteiger partial charge in [0.25, 0.3) is 0 Å². The molecule has 2 unspecified atom stereocenters. The Kier molecular flexibility index (Phi) is 3.33. The SMILES string of the molecule is O=C(OCc1ccccc1)C1CC2CCCN2C1. The molecule has 2 aliphatic rings. The van der Waals surface area contributed by atoms with Crippen molar-refractivity contribution in [3.8, 4) is 0 Å². The molecule has 2 saturated heterocycles. The zero-order valence-corrected chi connectivity index (χ0v) is 10.5. The molecule has 0 aliphatic carbocycles. The van der Waals surface area contributed by atoms with Gasteiger partial charge in [0.2, 0.25) is 0 Å². The second-order valence-electron chi connectivity index (χ2n) is 5.32. The maximum Gasteiger partial charge on any atom is 0.310 e. The largest absolute Gasteiger partial charge is 0.461 e. The van der Waals surface area contributed by atoms with Crippen molar-refractivity contribution < 1.29 is 9.53 Å². The fourth-order valence-electron chi connectivity index (χ4n) is 3.11. The molecule has 18 heavy (non-hydrogen) atoms. The fraction of sp³-hybridized carbons (Fsp3) is 0.533. The van der Waals surface area contributed by atoms with Crippen molar-refractivity contribution in [1.82, 2.24) is 4.90 Å². The van der Waals surface area contributed by atoms with Gasteiger partial charge in [-0.3, -0.25) is 9.69 Å². The van der Waals surface area contributed by atoms with Gasteiger partial charge in [-0.15, -0.1) is 0 Å². The van der Waals surface area contributed by atoms with Gasteiger partial charge in [0.1, 0.15) is 6.61 Å². The minimum atomic E-state index is -0.0201. The van der Waals surface area contributed by atoms with Gasteiger partial charge in [-0.25, -0.2) is 0 Å². The molecule has 2 fully saturated rings. The van der Waals surface area contributed by atoms with Crippen molar-refractivity contribution in [2.45, 2.75) is 31.9 Å². The zero-order chi connectivity index (χ0) is 12.4. The van der Waals surface area contributed by atoms with E-state index in [2.05, 4.69) is 4.90 Å². The third-order valence-corrected chi connectivity index (χ3v) is 4.07. The maximum atomic E-state index is 12.0. The molecule has 96 valence electrons. The Labute approximate surface area is 108 Å². The van der Waals surface area contributed by atoms with Crippen LogP contribution in [0.4, 0.5) is 0 Å². The van der Waals surface area contributed by atoms with Crippen LogP contribution in [-0.4, -0.2) is 30.0 Å². The Hall–Kier alpha value is -1.35. The second-order valence-corrected chi connectivity index (χ2v) is 5.32.